The van der Waals surface area contributed by atoms with Crippen molar-refractivity contribution in [3.05, 3.63) is 34.4 Å². The molecule has 0 radical (unpaired) electrons. The zero-order chi connectivity index (χ0) is 19.7. The number of nitrogens with zero attached hydrogens (tertiary/aromatic N) is 2. The maximum atomic E-state index is 12.9. The average molecular weight is 444 g/mol. The van der Waals surface area contributed by atoms with Gasteiger partial charge in [0.05, 0.1) is 16.8 Å². The van der Waals surface area contributed by atoms with Crippen LogP contribution < -0.4 is 5.32 Å². The number of benzene rings is 1. The van der Waals surface area contributed by atoms with E-state index in [2.05, 4.69) is 51.0 Å². The minimum atomic E-state index is 0.199. The third kappa shape index (κ3) is 4.11. The first-order valence-electron chi connectivity index (χ1n) is 10.7. The molecule has 0 spiro atoms. The molecule has 5 heteroatoms. The molecule has 2 aliphatic rings. The molecule has 1 aromatic heterocycles. The molecule has 1 N–H and O–H groups in total. The van der Waals surface area contributed by atoms with Crippen LogP contribution in [0.4, 0.5) is 5.69 Å². The van der Waals surface area contributed by atoms with Gasteiger partial charge in [-0.25, -0.2) is 0 Å². The van der Waals surface area contributed by atoms with E-state index in [-0.39, 0.29) is 11.7 Å². The number of rotatable bonds is 7. The van der Waals surface area contributed by atoms with E-state index in [9.17, 15) is 4.79 Å². The van der Waals surface area contributed by atoms with Crippen LogP contribution in [0.5, 0.6) is 0 Å². The van der Waals surface area contributed by atoms with Crippen molar-refractivity contribution in [2.75, 3.05) is 18.4 Å². The number of hydrogen-bond donors (Lipinski definition) is 1. The number of fused-ring (bicyclic) bond motifs is 1. The molecule has 2 fully saturated rings. The monoisotopic (exact) mass is 443 g/mol. The fourth-order valence-corrected chi connectivity index (χ4v) is 4.96. The first-order valence-corrected chi connectivity index (χ1v) is 11.5. The number of hydrogen-bond acceptors (Lipinski definition) is 4. The summed E-state index contributed by atoms with van der Waals surface area (Å²) in [5.74, 6) is 0.457. The lowest BCUT2D eigenvalue weighted by molar-refractivity contribution is 0.0968. The van der Waals surface area contributed by atoms with Crippen molar-refractivity contribution in [2.45, 2.75) is 64.5 Å². The van der Waals surface area contributed by atoms with Gasteiger partial charge in [-0.05, 0) is 69.8 Å². The third-order valence-corrected chi connectivity index (χ3v) is 6.91. The van der Waals surface area contributed by atoms with Crippen LogP contribution in [0, 0.1) is 5.92 Å². The predicted octanol–water partition coefficient (Wildman–Crippen LogP) is 5.65. The van der Waals surface area contributed by atoms with Crippen molar-refractivity contribution < 1.29 is 4.79 Å². The van der Waals surface area contributed by atoms with Gasteiger partial charge in [0.1, 0.15) is 0 Å². The second kappa shape index (κ2) is 8.50. The number of halogens is 1. The first-order chi connectivity index (χ1) is 13.6. The van der Waals surface area contributed by atoms with Gasteiger partial charge in [0.2, 0.25) is 0 Å². The molecule has 150 valence electrons. The summed E-state index contributed by atoms with van der Waals surface area (Å²) in [6, 6.07) is 7.24. The Labute approximate surface area is 176 Å². The van der Waals surface area contributed by atoms with Crippen molar-refractivity contribution >= 4 is 38.3 Å². The Balaban J connectivity index is 1.59. The Morgan fingerprint density at radius 3 is 2.50 bits per heavy atom. The van der Waals surface area contributed by atoms with Crippen molar-refractivity contribution in [1.29, 1.82) is 0 Å². The van der Waals surface area contributed by atoms with Gasteiger partial charge in [-0.3, -0.25) is 9.78 Å². The van der Waals surface area contributed by atoms with Crippen LogP contribution in [-0.2, 0) is 0 Å². The first kappa shape index (κ1) is 19.8. The molecule has 0 atom stereocenters. The molecule has 0 unspecified atom stereocenters. The second-order valence-electron chi connectivity index (χ2n) is 8.22. The number of nitrogens with one attached hydrogen (secondary N) is 1. The van der Waals surface area contributed by atoms with Crippen LogP contribution >= 0.6 is 15.9 Å². The highest BCUT2D eigenvalue weighted by Crippen LogP contribution is 2.38. The summed E-state index contributed by atoms with van der Waals surface area (Å²) >= 11 is 3.59. The molecule has 28 heavy (non-hydrogen) atoms. The van der Waals surface area contributed by atoms with Gasteiger partial charge in [0, 0.05) is 34.1 Å². The fraction of sp³-hybridized carbons (Fsp3) is 0.565. The van der Waals surface area contributed by atoms with E-state index in [4.69, 9.17) is 0 Å². The number of ketones is 1. The summed E-state index contributed by atoms with van der Waals surface area (Å²) in [6.45, 7) is 6.76. The van der Waals surface area contributed by atoms with Crippen molar-refractivity contribution in [3.63, 3.8) is 0 Å². The van der Waals surface area contributed by atoms with E-state index in [1.165, 1.54) is 12.8 Å². The summed E-state index contributed by atoms with van der Waals surface area (Å²) in [5.41, 5.74) is 2.71. The van der Waals surface area contributed by atoms with E-state index in [0.717, 1.165) is 65.4 Å². The Morgan fingerprint density at radius 1 is 1.14 bits per heavy atom. The third-order valence-electron chi connectivity index (χ3n) is 6.42. The lowest BCUT2D eigenvalue weighted by atomic mass is 9.89. The molecule has 2 aromatic rings. The van der Waals surface area contributed by atoms with Gasteiger partial charge in [-0.1, -0.05) is 29.8 Å². The largest absolute Gasteiger partial charge is 0.381 e. The molecule has 4 rings (SSSR count). The van der Waals surface area contributed by atoms with Crippen LogP contribution in [-0.4, -0.2) is 40.8 Å². The van der Waals surface area contributed by atoms with E-state index in [1.807, 2.05) is 12.1 Å². The number of carbonyl (C=O) groups is 1. The molecule has 2 aliphatic carbocycles. The minimum absolute atomic E-state index is 0.199. The lowest BCUT2D eigenvalue weighted by Crippen LogP contribution is -2.40. The summed E-state index contributed by atoms with van der Waals surface area (Å²) < 4.78 is 1.02. The van der Waals surface area contributed by atoms with Gasteiger partial charge >= 0.3 is 0 Å². The van der Waals surface area contributed by atoms with Crippen LogP contribution in [0.3, 0.4) is 0 Å². The molecule has 4 nitrogen and oxygen atoms in total. The summed E-state index contributed by atoms with van der Waals surface area (Å²) in [4.78, 5) is 20.1. The van der Waals surface area contributed by atoms with Crippen LogP contribution in [0.2, 0.25) is 0 Å². The molecule has 0 bridgehead atoms. The molecule has 1 aromatic carbocycles. The van der Waals surface area contributed by atoms with E-state index in [1.54, 1.807) is 6.20 Å². The molecule has 0 aliphatic heterocycles. The van der Waals surface area contributed by atoms with E-state index >= 15 is 0 Å². The topological polar surface area (TPSA) is 45.2 Å². The highest BCUT2D eigenvalue weighted by molar-refractivity contribution is 9.10. The predicted molar refractivity (Wildman–Crippen MR) is 119 cm³/mol. The minimum Gasteiger partial charge on any atom is -0.381 e. The molecular formula is C23H30BrN3O. The molecule has 2 saturated carbocycles. The van der Waals surface area contributed by atoms with Gasteiger partial charge < -0.3 is 10.2 Å². The zero-order valence-corrected chi connectivity index (χ0v) is 18.5. The van der Waals surface area contributed by atoms with Crippen LogP contribution in [0.1, 0.15) is 62.7 Å². The van der Waals surface area contributed by atoms with E-state index < -0.39 is 0 Å². The lowest BCUT2D eigenvalue weighted by Gasteiger charge is -2.36. The molecular weight excluding hydrogens is 414 g/mol. The quantitative estimate of drug-likeness (QED) is 0.561. The Bertz CT molecular complexity index is 852. The van der Waals surface area contributed by atoms with Crippen LogP contribution in [0.15, 0.2) is 28.9 Å². The number of anilines is 1. The Morgan fingerprint density at radius 2 is 1.86 bits per heavy atom. The smallest absolute Gasteiger partial charge is 0.169 e. The number of Topliss-reactive ketones (excluding diaryl/α,β-unsaturated/α-hetero) is 1. The Kier molecular flexibility index (Phi) is 6.02. The highest BCUT2D eigenvalue weighted by Gasteiger charge is 2.33. The van der Waals surface area contributed by atoms with Gasteiger partial charge in [0.25, 0.3) is 0 Å². The van der Waals surface area contributed by atoms with Crippen LogP contribution in [0.25, 0.3) is 10.9 Å². The van der Waals surface area contributed by atoms with E-state index in [0.29, 0.717) is 12.1 Å². The maximum Gasteiger partial charge on any atom is 0.169 e. The standard InChI is InChI=1S/C23H30BrN3O/c1-3-27(4-2)18-10-8-17(9-11-18)26-22-19-13-16(24)7-12-21(19)25-14-20(22)23(28)15-5-6-15/h7,12-15,17-18H,3-6,8-11H2,1-2H3,(H,25,26)/t17-,18+. The fourth-order valence-electron chi connectivity index (χ4n) is 4.60. The molecule has 0 saturated heterocycles. The SMILES string of the molecule is CCN(CC)[C@H]1CC[C@@H](Nc2c(C(=O)C3CC3)cnc3ccc(Br)cc23)CC1. The maximum absolute atomic E-state index is 12.9. The molecule has 1 heterocycles. The Hall–Kier alpha value is -1.46. The van der Waals surface area contributed by atoms with Crippen molar-refractivity contribution in [3.8, 4) is 0 Å². The van der Waals surface area contributed by atoms with Crippen molar-refractivity contribution in [2.24, 2.45) is 5.92 Å². The van der Waals surface area contributed by atoms with Gasteiger partial charge in [-0.15, -0.1) is 0 Å². The average Bonchev–Trinajstić information content (AvgIpc) is 3.55. The normalized spacial score (nSPS) is 22.6. The summed E-state index contributed by atoms with van der Waals surface area (Å²) in [5, 5.41) is 4.83. The zero-order valence-electron chi connectivity index (χ0n) is 16.9. The summed E-state index contributed by atoms with van der Waals surface area (Å²) in [6.07, 6.45) is 8.57. The summed E-state index contributed by atoms with van der Waals surface area (Å²) in [7, 11) is 0. The van der Waals surface area contributed by atoms with Gasteiger partial charge in [0.15, 0.2) is 5.78 Å². The second-order valence-corrected chi connectivity index (χ2v) is 9.13. The molecule has 0 amide bonds. The number of carbonyl (C=O) groups excluding carboxylic acids is 1. The van der Waals surface area contributed by atoms with Gasteiger partial charge in [-0.2, -0.15) is 0 Å². The number of aromatic nitrogens is 1. The highest BCUT2D eigenvalue weighted by atomic mass is 79.9. The number of pyridine rings is 1. The van der Waals surface area contributed by atoms with Crippen molar-refractivity contribution in [1.82, 2.24) is 9.88 Å².